The van der Waals surface area contributed by atoms with Gasteiger partial charge in [-0.1, -0.05) is 18.0 Å². The van der Waals surface area contributed by atoms with Crippen molar-refractivity contribution in [1.82, 2.24) is 19.9 Å². The lowest BCUT2D eigenvalue weighted by Crippen LogP contribution is -2.34. The zero-order valence-corrected chi connectivity index (χ0v) is 13.1. The Hall–Kier alpha value is -2.47. The minimum absolute atomic E-state index is 0.422. The normalized spacial score (nSPS) is 16.8. The molecule has 2 aromatic heterocycles. The number of nitrogens with two attached hydrogens (primary N) is 1. The fourth-order valence-electron chi connectivity index (χ4n) is 3.09. The van der Waals surface area contributed by atoms with Crippen LogP contribution in [-0.4, -0.2) is 19.9 Å². The fraction of sp³-hybridized carbons (Fsp3) is 0.353. The molecule has 0 aliphatic heterocycles. The molecule has 1 saturated carbocycles. The molecule has 6 nitrogen and oxygen atoms in total. The highest BCUT2D eigenvalue weighted by Crippen LogP contribution is 2.35. The number of aromatic nitrogens is 4. The molecule has 0 bridgehead atoms. The van der Waals surface area contributed by atoms with Crippen molar-refractivity contribution in [3.8, 4) is 17.1 Å². The van der Waals surface area contributed by atoms with Crippen LogP contribution in [-0.2, 0) is 5.54 Å². The number of benzene rings is 1. The van der Waals surface area contributed by atoms with Crippen LogP contribution in [0.2, 0.25) is 0 Å². The molecule has 1 aliphatic rings. The molecule has 1 aromatic carbocycles. The zero-order chi connectivity index (χ0) is 15.9. The monoisotopic (exact) mass is 309 g/mol. The summed E-state index contributed by atoms with van der Waals surface area (Å²) in [6.45, 7) is 1.97. The van der Waals surface area contributed by atoms with E-state index in [0.717, 1.165) is 42.6 Å². The summed E-state index contributed by atoms with van der Waals surface area (Å²) < 4.78 is 7.25. The second-order valence-corrected chi connectivity index (χ2v) is 6.23. The van der Waals surface area contributed by atoms with E-state index in [-0.39, 0.29) is 0 Å². The summed E-state index contributed by atoms with van der Waals surface area (Å²) in [6, 6.07) is 9.86. The molecule has 0 amide bonds. The topological polar surface area (TPSA) is 82.8 Å². The van der Waals surface area contributed by atoms with Crippen LogP contribution in [0.3, 0.4) is 0 Å². The summed E-state index contributed by atoms with van der Waals surface area (Å²) in [5.41, 5.74) is 8.82. The van der Waals surface area contributed by atoms with Crippen LogP contribution < -0.4 is 5.73 Å². The number of hydrogen-bond donors (Lipinski definition) is 1. The average Bonchev–Trinajstić information content (AvgIpc) is 3.28. The Morgan fingerprint density at radius 3 is 2.52 bits per heavy atom. The van der Waals surface area contributed by atoms with E-state index in [1.165, 1.54) is 0 Å². The van der Waals surface area contributed by atoms with Crippen LogP contribution in [0.25, 0.3) is 17.1 Å². The van der Waals surface area contributed by atoms with Crippen molar-refractivity contribution in [1.29, 1.82) is 0 Å². The van der Waals surface area contributed by atoms with Crippen molar-refractivity contribution < 1.29 is 4.52 Å². The Labute approximate surface area is 134 Å². The molecule has 1 fully saturated rings. The molecule has 0 radical (unpaired) electrons. The van der Waals surface area contributed by atoms with E-state index in [1.807, 2.05) is 48.1 Å². The van der Waals surface area contributed by atoms with E-state index in [2.05, 4.69) is 15.2 Å². The zero-order valence-electron chi connectivity index (χ0n) is 13.1. The smallest absolute Gasteiger partial charge is 0.257 e. The molecular weight excluding hydrogens is 290 g/mol. The standard InChI is InChI=1S/C17H19N5O/c1-12-8-11-22(20-12)14-6-4-13(5-7-14)15-19-16(21-23-15)17(18)9-2-3-10-17/h4-8,11H,2-3,9-10,18H2,1H3. The van der Waals surface area contributed by atoms with Gasteiger partial charge in [-0.05, 0) is 50.1 Å². The Morgan fingerprint density at radius 1 is 1.13 bits per heavy atom. The van der Waals surface area contributed by atoms with Gasteiger partial charge >= 0.3 is 0 Å². The summed E-state index contributed by atoms with van der Waals surface area (Å²) in [4.78, 5) is 4.52. The first-order valence-corrected chi connectivity index (χ1v) is 7.90. The summed E-state index contributed by atoms with van der Waals surface area (Å²) in [5.74, 6) is 1.14. The van der Waals surface area contributed by atoms with Crippen molar-refractivity contribution in [3.63, 3.8) is 0 Å². The average molecular weight is 309 g/mol. The molecule has 3 aromatic rings. The van der Waals surface area contributed by atoms with Crippen LogP contribution in [0.4, 0.5) is 0 Å². The van der Waals surface area contributed by atoms with Gasteiger partial charge in [0, 0.05) is 11.8 Å². The van der Waals surface area contributed by atoms with E-state index in [9.17, 15) is 0 Å². The van der Waals surface area contributed by atoms with Gasteiger partial charge in [0.1, 0.15) is 0 Å². The molecule has 6 heteroatoms. The van der Waals surface area contributed by atoms with E-state index in [0.29, 0.717) is 11.7 Å². The lowest BCUT2D eigenvalue weighted by molar-refractivity contribution is 0.372. The van der Waals surface area contributed by atoms with Gasteiger partial charge in [-0.2, -0.15) is 10.1 Å². The lowest BCUT2D eigenvalue weighted by atomic mass is 9.99. The largest absolute Gasteiger partial charge is 0.334 e. The summed E-state index contributed by atoms with van der Waals surface area (Å²) in [6.07, 6.45) is 6.03. The predicted octanol–water partition coefficient (Wildman–Crippen LogP) is 2.96. The highest BCUT2D eigenvalue weighted by molar-refractivity contribution is 5.55. The fourth-order valence-corrected chi connectivity index (χ4v) is 3.09. The van der Waals surface area contributed by atoms with Crippen molar-refractivity contribution in [2.75, 3.05) is 0 Å². The van der Waals surface area contributed by atoms with E-state index >= 15 is 0 Å². The van der Waals surface area contributed by atoms with E-state index in [1.54, 1.807) is 0 Å². The third kappa shape index (κ3) is 2.55. The highest BCUT2D eigenvalue weighted by atomic mass is 16.5. The molecule has 23 heavy (non-hydrogen) atoms. The molecule has 4 rings (SSSR count). The minimum Gasteiger partial charge on any atom is -0.334 e. The van der Waals surface area contributed by atoms with Crippen LogP contribution >= 0.6 is 0 Å². The van der Waals surface area contributed by atoms with Gasteiger partial charge < -0.3 is 10.3 Å². The molecule has 0 unspecified atom stereocenters. The second-order valence-electron chi connectivity index (χ2n) is 6.23. The van der Waals surface area contributed by atoms with Crippen LogP contribution in [0, 0.1) is 6.92 Å². The van der Waals surface area contributed by atoms with Gasteiger partial charge in [0.2, 0.25) is 0 Å². The summed E-state index contributed by atoms with van der Waals surface area (Å²) >= 11 is 0. The Kier molecular flexibility index (Phi) is 3.27. The van der Waals surface area contributed by atoms with E-state index in [4.69, 9.17) is 10.3 Å². The van der Waals surface area contributed by atoms with Gasteiger partial charge in [0.25, 0.3) is 5.89 Å². The second kappa shape index (κ2) is 5.31. The first-order chi connectivity index (χ1) is 11.1. The minimum atomic E-state index is -0.422. The van der Waals surface area contributed by atoms with E-state index < -0.39 is 5.54 Å². The maximum atomic E-state index is 6.38. The predicted molar refractivity (Wildman–Crippen MR) is 85.9 cm³/mol. The summed E-state index contributed by atoms with van der Waals surface area (Å²) in [5, 5.41) is 8.50. The number of hydrogen-bond acceptors (Lipinski definition) is 5. The highest BCUT2D eigenvalue weighted by Gasteiger charge is 2.36. The molecule has 0 saturated heterocycles. The van der Waals surface area contributed by atoms with Gasteiger partial charge in [-0.25, -0.2) is 4.68 Å². The molecule has 1 aliphatic carbocycles. The third-order valence-corrected chi connectivity index (χ3v) is 4.47. The first kappa shape index (κ1) is 14.1. The van der Waals surface area contributed by atoms with Gasteiger partial charge in [-0.3, -0.25) is 0 Å². The van der Waals surface area contributed by atoms with Crippen LogP contribution in [0.15, 0.2) is 41.1 Å². The SMILES string of the molecule is Cc1ccn(-c2ccc(-c3nc(C4(N)CCCC4)no3)cc2)n1. The van der Waals surface area contributed by atoms with Crippen molar-refractivity contribution >= 4 is 0 Å². The molecule has 2 heterocycles. The maximum Gasteiger partial charge on any atom is 0.257 e. The van der Waals surface area contributed by atoms with Crippen molar-refractivity contribution in [2.24, 2.45) is 5.73 Å². The summed E-state index contributed by atoms with van der Waals surface area (Å²) in [7, 11) is 0. The Balaban J connectivity index is 1.60. The molecule has 0 spiro atoms. The van der Waals surface area contributed by atoms with Crippen LogP contribution in [0.5, 0.6) is 0 Å². The lowest BCUT2D eigenvalue weighted by Gasteiger charge is -2.17. The quantitative estimate of drug-likeness (QED) is 0.804. The van der Waals surface area contributed by atoms with Crippen molar-refractivity contribution in [3.05, 3.63) is 48.0 Å². The number of aryl methyl sites for hydroxylation is 1. The molecule has 0 atom stereocenters. The number of rotatable bonds is 3. The Bertz CT molecular complexity index is 812. The van der Waals surface area contributed by atoms with Crippen LogP contribution in [0.1, 0.15) is 37.2 Å². The molecule has 2 N–H and O–H groups in total. The molecular formula is C17H19N5O. The van der Waals surface area contributed by atoms with Gasteiger partial charge in [0.05, 0.1) is 16.9 Å². The first-order valence-electron chi connectivity index (χ1n) is 7.90. The third-order valence-electron chi connectivity index (χ3n) is 4.47. The van der Waals surface area contributed by atoms with Gasteiger partial charge in [-0.15, -0.1) is 0 Å². The van der Waals surface area contributed by atoms with Gasteiger partial charge in [0.15, 0.2) is 5.82 Å². The maximum absolute atomic E-state index is 6.38. The molecule has 118 valence electrons. The van der Waals surface area contributed by atoms with Crippen molar-refractivity contribution in [2.45, 2.75) is 38.1 Å². The number of nitrogens with zero attached hydrogens (tertiary/aromatic N) is 4. The Morgan fingerprint density at radius 2 is 1.87 bits per heavy atom.